The van der Waals surface area contributed by atoms with Gasteiger partial charge < -0.3 is 19.7 Å². The molecule has 1 aromatic carbocycles. The average Bonchev–Trinajstić information content (AvgIpc) is 2.67. The molecule has 1 saturated heterocycles. The fourth-order valence-electron chi connectivity index (χ4n) is 2.46. The molecule has 1 aliphatic rings. The van der Waals surface area contributed by atoms with Crippen LogP contribution in [0.2, 0.25) is 0 Å². The van der Waals surface area contributed by atoms with Gasteiger partial charge in [-0.3, -0.25) is 9.59 Å². The zero-order valence-corrected chi connectivity index (χ0v) is 15.7. The minimum Gasteiger partial charge on any atom is -0.478 e. The lowest BCUT2D eigenvalue weighted by Gasteiger charge is -2.08. The van der Waals surface area contributed by atoms with Gasteiger partial charge in [-0.2, -0.15) is 0 Å². The number of hydrogen-bond donors (Lipinski definition) is 2. The van der Waals surface area contributed by atoms with E-state index in [-0.39, 0.29) is 36.3 Å². The van der Waals surface area contributed by atoms with Crippen molar-refractivity contribution >= 4 is 23.9 Å². The second-order valence-corrected chi connectivity index (χ2v) is 6.25. The molecule has 0 aromatic heterocycles. The number of carbonyl (C=O) groups is 4. The quantitative estimate of drug-likeness (QED) is 0.732. The third-order valence-corrected chi connectivity index (χ3v) is 4.00. The Labute approximate surface area is 163 Å². The molecule has 8 nitrogen and oxygen atoms in total. The Hall–Kier alpha value is -2.90. The molecule has 2 rings (SSSR count). The summed E-state index contributed by atoms with van der Waals surface area (Å²) >= 11 is 0. The number of carboxylic acids is 2. The van der Waals surface area contributed by atoms with Gasteiger partial charge in [-0.1, -0.05) is 25.7 Å². The molecule has 0 spiro atoms. The number of hydrogen-bond acceptors (Lipinski definition) is 6. The number of cyclic esters (lactones) is 2. The van der Waals surface area contributed by atoms with Crippen molar-refractivity contribution < 1.29 is 38.9 Å². The first-order valence-electron chi connectivity index (χ1n) is 9.28. The molecule has 0 saturated carbocycles. The van der Waals surface area contributed by atoms with Gasteiger partial charge in [0.1, 0.15) is 13.2 Å². The molecule has 0 aliphatic carbocycles. The lowest BCUT2D eigenvalue weighted by atomic mass is 10.1. The molecule has 2 N–H and O–H groups in total. The van der Waals surface area contributed by atoms with E-state index in [0.29, 0.717) is 12.8 Å². The molecule has 154 valence electrons. The zero-order valence-electron chi connectivity index (χ0n) is 15.7. The summed E-state index contributed by atoms with van der Waals surface area (Å²) < 4.78 is 9.84. The van der Waals surface area contributed by atoms with Gasteiger partial charge in [0.15, 0.2) is 0 Å². The predicted octanol–water partition coefficient (Wildman–Crippen LogP) is 3.29. The average molecular weight is 394 g/mol. The fourth-order valence-corrected chi connectivity index (χ4v) is 2.46. The molecule has 1 aliphatic heterocycles. The molecule has 0 unspecified atom stereocenters. The lowest BCUT2D eigenvalue weighted by molar-refractivity contribution is -0.152. The largest absolute Gasteiger partial charge is 0.478 e. The number of aromatic carboxylic acids is 2. The Morgan fingerprint density at radius 2 is 0.964 bits per heavy atom. The number of esters is 2. The van der Waals surface area contributed by atoms with E-state index in [2.05, 4.69) is 0 Å². The minimum atomic E-state index is -1.06. The van der Waals surface area contributed by atoms with Crippen LogP contribution >= 0.6 is 0 Å². The van der Waals surface area contributed by atoms with E-state index < -0.39 is 11.9 Å². The highest BCUT2D eigenvalue weighted by atomic mass is 16.6. The highest BCUT2D eigenvalue weighted by Gasteiger charge is 2.07. The molecule has 0 bridgehead atoms. The van der Waals surface area contributed by atoms with Crippen LogP contribution in [-0.2, 0) is 19.1 Å². The van der Waals surface area contributed by atoms with Gasteiger partial charge in [-0.05, 0) is 37.1 Å². The topological polar surface area (TPSA) is 127 Å². The summed E-state index contributed by atoms with van der Waals surface area (Å²) in [5.74, 6) is -2.50. The van der Waals surface area contributed by atoms with Crippen molar-refractivity contribution in [1.82, 2.24) is 0 Å². The standard InChI is InChI=1S/C12H20O4.C8H6O4/c13-11-7-5-3-1-2-4-6-8-12(14)16-10-9-15-11;9-7(10)5-1-2-6(4-3-5)8(11)12/h1-10H2;1-4H,(H,9,10)(H,11,12). The fraction of sp³-hybridized carbons (Fsp3) is 0.500. The van der Waals surface area contributed by atoms with Gasteiger partial charge in [-0.25, -0.2) is 9.59 Å². The smallest absolute Gasteiger partial charge is 0.335 e. The monoisotopic (exact) mass is 394 g/mol. The first-order chi connectivity index (χ1) is 13.4. The van der Waals surface area contributed by atoms with Crippen LogP contribution in [-0.4, -0.2) is 47.3 Å². The molecule has 0 atom stereocenters. The van der Waals surface area contributed by atoms with E-state index in [1.165, 1.54) is 24.3 Å². The lowest BCUT2D eigenvalue weighted by Crippen LogP contribution is -2.14. The van der Waals surface area contributed by atoms with E-state index in [0.717, 1.165) is 38.5 Å². The molecule has 1 heterocycles. The van der Waals surface area contributed by atoms with Crippen molar-refractivity contribution in [2.24, 2.45) is 0 Å². The van der Waals surface area contributed by atoms with Crippen LogP contribution in [0.1, 0.15) is 72.1 Å². The maximum Gasteiger partial charge on any atom is 0.335 e. The molecule has 28 heavy (non-hydrogen) atoms. The van der Waals surface area contributed by atoms with Crippen molar-refractivity contribution in [3.05, 3.63) is 35.4 Å². The van der Waals surface area contributed by atoms with Crippen LogP contribution < -0.4 is 0 Å². The third-order valence-electron chi connectivity index (χ3n) is 4.00. The maximum atomic E-state index is 11.2. The first kappa shape index (κ1) is 23.1. The summed E-state index contributed by atoms with van der Waals surface area (Å²) in [6, 6.07) is 5.02. The van der Waals surface area contributed by atoms with Crippen molar-refractivity contribution in [3.8, 4) is 0 Å². The van der Waals surface area contributed by atoms with Crippen LogP contribution in [0.3, 0.4) is 0 Å². The van der Waals surface area contributed by atoms with E-state index >= 15 is 0 Å². The first-order valence-corrected chi connectivity index (χ1v) is 9.28. The predicted molar refractivity (Wildman–Crippen MR) is 99.2 cm³/mol. The van der Waals surface area contributed by atoms with Crippen molar-refractivity contribution in [2.75, 3.05) is 13.2 Å². The van der Waals surface area contributed by atoms with Crippen LogP contribution in [0, 0.1) is 0 Å². The van der Waals surface area contributed by atoms with Crippen molar-refractivity contribution in [1.29, 1.82) is 0 Å². The van der Waals surface area contributed by atoms with E-state index in [1.807, 2.05) is 0 Å². The van der Waals surface area contributed by atoms with Gasteiger partial charge in [-0.15, -0.1) is 0 Å². The van der Waals surface area contributed by atoms with Crippen LogP contribution in [0.5, 0.6) is 0 Å². The Morgan fingerprint density at radius 3 is 1.29 bits per heavy atom. The SMILES string of the molecule is O=C(O)c1ccc(C(=O)O)cc1.O=C1CCCCCCCCC(=O)OCCO1. The summed E-state index contributed by atoms with van der Waals surface area (Å²) in [6.07, 6.45) is 7.16. The Kier molecular flexibility index (Phi) is 11.0. The second-order valence-electron chi connectivity index (χ2n) is 6.25. The summed E-state index contributed by atoms with van der Waals surface area (Å²) in [7, 11) is 0. The molecular weight excluding hydrogens is 368 g/mol. The molecule has 1 aromatic rings. The maximum absolute atomic E-state index is 11.2. The summed E-state index contributed by atoms with van der Waals surface area (Å²) in [5.41, 5.74) is 0.167. The van der Waals surface area contributed by atoms with Gasteiger partial charge in [0, 0.05) is 12.8 Å². The number of benzene rings is 1. The van der Waals surface area contributed by atoms with Crippen molar-refractivity contribution in [2.45, 2.75) is 51.4 Å². The summed E-state index contributed by atoms with van der Waals surface area (Å²) in [4.78, 5) is 43.0. The molecule has 8 heteroatoms. The van der Waals surface area contributed by atoms with Crippen LogP contribution in [0.15, 0.2) is 24.3 Å². The van der Waals surface area contributed by atoms with E-state index in [9.17, 15) is 19.2 Å². The molecule has 1 fully saturated rings. The number of rotatable bonds is 2. The number of carbonyl (C=O) groups excluding carboxylic acids is 2. The van der Waals surface area contributed by atoms with E-state index in [4.69, 9.17) is 19.7 Å². The summed E-state index contributed by atoms with van der Waals surface area (Å²) in [6.45, 7) is 0.370. The number of carboxylic acid groups (broad SMARTS) is 2. The van der Waals surface area contributed by atoms with E-state index in [1.54, 1.807) is 0 Å². The normalized spacial score (nSPS) is 16.4. The van der Waals surface area contributed by atoms with Gasteiger partial charge >= 0.3 is 23.9 Å². The van der Waals surface area contributed by atoms with Crippen LogP contribution in [0.4, 0.5) is 0 Å². The number of ether oxygens (including phenoxy) is 2. The molecule has 0 radical (unpaired) electrons. The zero-order chi connectivity index (χ0) is 20.8. The van der Waals surface area contributed by atoms with Gasteiger partial charge in [0.25, 0.3) is 0 Å². The molecule has 0 amide bonds. The third kappa shape index (κ3) is 10.3. The highest BCUT2D eigenvalue weighted by molar-refractivity contribution is 5.91. The molecular formula is C20H26O8. The Bertz CT molecular complexity index is 594. The second kappa shape index (κ2) is 13.3. The van der Waals surface area contributed by atoms with Gasteiger partial charge in [0.05, 0.1) is 11.1 Å². The minimum absolute atomic E-state index is 0.0833. The Balaban J connectivity index is 0.000000292. The Morgan fingerprint density at radius 1 is 0.643 bits per heavy atom. The van der Waals surface area contributed by atoms with Crippen molar-refractivity contribution in [3.63, 3.8) is 0 Å². The van der Waals surface area contributed by atoms with Gasteiger partial charge in [0.2, 0.25) is 0 Å². The summed E-state index contributed by atoms with van der Waals surface area (Å²) in [5, 5.41) is 16.9. The highest BCUT2D eigenvalue weighted by Crippen LogP contribution is 2.10. The van der Waals surface area contributed by atoms with Crippen LogP contribution in [0.25, 0.3) is 0 Å².